The number of aliphatic hydroxyl groups is 1. The van der Waals surface area contributed by atoms with E-state index in [-0.39, 0.29) is 0 Å². The Kier molecular flexibility index (Phi) is 2.49. The first-order valence-electron chi connectivity index (χ1n) is 5.27. The van der Waals surface area contributed by atoms with Gasteiger partial charge < -0.3 is 5.11 Å². The van der Waals surface area contributed by atoms with E-state index >= 15 is 0 Å². The molecule has 15 heavy (non-hydrogen) atoms. The van der Waals surface area contributed by atoms with Crippen molar-refractivity contribution in [2.24, 2.45) is 0 Å². The van der Waals surface area contributed by atoms with Crippen LogP contribution in [0.25, 0.3) is 5.57 Å². The Bertz CT molecular complexity index is 419. The van der Waals surface area contributed by atoms with Crippen LogP contribution in [0.3, 0.4) is 0 Å². The molecular weight excluding hydrogens is 184 g/mol. The van der Waals surface area contributed by atoms with Crippen molar-refractivity contribution in [2.45, 2.75) is 25.9 Å². The van der Waals surface area contributed by atoms with E-state index in [9.17, 15) is 5.11 Å². The van der Waals surface area contributed by atoms with Gasteiger partial charge in [0.1, 0.15) is 0 Å². The quantitative estimate of drug-likeness (QED) is 0.777. The average molecular weight is 200 g/mol. The van der Waals surface area contributed by atoms with E-state index in [0.29, 0.717) is 0 Å². The third-order valence-corrected chi connectivity index (χ3v) is 2.70. The van der Waals surface area contributed by atoms with Crippen LogP contribution in [0.4, 0.5) is 0 Å². The molecule has 1 N–H and O–H groups in total. The lowest BCUT2D eigenvalue weighted by molar-refractivity contribution is 0.0783. The first kappa shape index (κ1) is 10.2. The summed E-state index contributed by atoms with van der Waals surface area (Å²) in [6, 6.07) is 8.06. The molecule has 0 bridgehead atoms. The molecule has 1 nitrogen and oxygen atoms in total. The van der Waals surface area contributed by atoms with Gasteiger partial charge in [-0.05, 0) is 37.0 Å². The van der Waals surface area contributed by atoms with Gasteiger partial charge in [0.15, 0.2) is 0 Å². The Balaban J connectivity index is 2.47. The van der Waals surface area contributed by atoms with Crippen molar-refractivity contribution in [2.75, 3.05) is 0 Å². The van der Waals surface area contributed by atoms with Gasteiger partial charge in [-0.3, -0.25) is 0 Å². The van der Waals surface area contributed by atoms with E-state index in [0.717, 1.165) is 17.5 Å². The monoisotopic (exact) mass is 200 g/mol. The van der Waals surface area contributed by atoms with Crippen LogP contribution in [0.15, 0.2) is 42.5 Å². The molecule has 0 unspecified atom stereocenters. The number of allylic oxidation sites excluding steroid dienone is 4. The van der Waals surface area contributed by atoms with E-state index in [2.05, 4.69) is 24.3 Å². The molecule has 2 rings (SSSR count). The van der Waals surface area contributed by atoms with Gasteiger partial charge in [-0.15, -0.1) is 0 Å². The summed E-state index contributed by atoms with van der Waals surface area (Å²) >= 11 is 0. The maximum atomic E-state index is 10.1. The fourth-order valence-corrected chi connectivity index (χ4v) is 1.94. The third kappa shape index (κ3) is 2.02. The Morgan fingerprint density at radius 3 is 2.53 bits per heavy atom. The Morgan fingerprint density at radius 2 is 1.93 bits per heavy atom. The summed E-state index contributed by atoms with van der Waals surface area (Å²) in [5.41, 5.74) is 2.67. The molecule has 1 aliphatic rings. The molecule has 0 heterocycles. The summed E-state index contributed by atoms with van der Waals surface area (Å²) in [7, 11) is 0. The predicted molar refractivity (Wildman–Crippen MR) is 63.4 cm³/mol. The van der Waals surface area contributed by atoms with Crippen molar-refractivity contribution < 1.29 is 5.11 Å². The van der Waals surface area contributed by atoms with Crippen LogP contribution in [-0.2, 0) is 5.60 Å². The van der Waals surface area contributed by atoms with Gasteiger partial charge in [-0.2, -0.15) is 0 Å². The molecule has 0 atom stereocenters. The molecule has 0 amide bonds. The minimum absolute atomic E-state index is 0.778. The van der Waals surface area contributed by atoms with E-state index in [1.807, 2.05) is 32.0 Å². The van der Waals surface area contributed by atoms with Crippen LogP contribution >= 0.6 is 0 Å². The van der Waals surface area contributed by atoms with Gasteiger partial charge in [0.25, 0.3) is 0 Å². The highest BCUT2D eigenvalue weighted by Gasteiger charge is 2.20. The van der Waals surface area contributed by atoms with Gasteiger partial charge in [0.2, 0.25) is 0 Å². The average Bonchev–Trinajstić information content (AvgIpc) is 2.69. The minimum atomic E-state index is -0.778. The molecule has 0 spiro atoms. The maximum Gasteiger partial charge on any atom is 0.0846 e. The molecule has 1 aromatic rings. The molecular formula is C14H16O. The van der Waals surface area contributed by atoms with E-state index in [1.165, 1.54) is 5.57 Å². The van der Waals surface area contributed by atoms with Gasteiger partial charge in [-0.1, -0.05) is 42.5 Å². The van der Waals surface area contributed by atoms with Crippen LogP contribution in [-0.4, -0.2) is 5.11 Å². The zero-order valence-electron chi connectivity index (χ0n) is 9.20. The summed E-state index contributed by atoms with van der Waals surface area (Å²) in [6.45, 7) is 3.66. The molecule has 0 saturated carbocycles. The molecule has 0 fully saturated rings. The van der Waals surface area contributed by atoms with Crippen LogP contribution in [0.2, 0.25) is 0 Å². The SMILES string of the molecule is CC(C)(O)c1ccccc1C1=CC=CC1. The molecule has 0 aliphatic heterocycles. The van der Waals surface area contributed by atoms with Gasteiger partial charge in [0.05, 0.1) is 5.60 Å². The first-order valence-corrected chi connectivity index (χ1v) is 5.27. The van der Waals surface area contributed by atoms with E-state index in [1.54, 1.807) is 0 Å². The fourth-order valence-electron chi connectivity index (χ4n) is 1.94. The smallest absolute Gasteiger partial charge is 0.0846 e. The normalized spacial score (nSPS) is 15.5. The van der Waals surface area contributed by atoms with Crippen molar-refractivity contribution in [3.05, 3.63) is 53.6 Å². The minimum Gasteiger partial charge on any atom is -0.386 e. The van der Waals surface area contributed by atoms with Crippen LogP contribution < -0.4 is 0 Å². The molecule has 78 valence electrons. The topological polar surface area (TPSA) is 20.2 Å². The second-order valence-electron chi connectivity index (χ2n) is 4.43. The van der Waals surface area contributed by atoms with E-state index in [4.69, 9.17) is 0 Å². The molecule has 0 saturated heterocycles. The summed E-state index contributed by atoms with van der Waals surface area (Å²) in [5.74, 6) is 0. The zero-order chi connectivity index (χ0) is 10.9. The van der Waals surface area contributed by atoms with Crippen molar-refractivity contribution >= 4 is 5.57 Å². The van der Waals surface area contributed by atoms with Gasteiger partial charge >= 0.3 is 0 Å². The number of hydrogen-bond acceptors (Lipinski definition) is 1. The molecule has 0 aromatic heterocycles. The summed E-state index contributed by atoms with van der Waals surface area (Å²) in [4.78, 5) is 0. The second-order valence-corrected chi connectivity index (χ2v) is 4.43. The lowest BCUT2D eigenvalue weighted by Gasteiger charge is -2.22. The largest absolute Gasteiger partial charge is 0.386 e. The van der Waals surface area contributed by atoms with Gasteiger partial charge in [0, 0.05) is 0 Å². The lowest BCUT2D eigenvalue weighted by atomic mass is 9.89. The van der Waals surface area contributed by atoms with E-state index < -0.39 is 5.60 Å². The summed E-state index contributed by atoms with van der Waals surface area (Å²) in [6.07, 6.45) is 7.28. The third-order valence-electron chi connectivity index (χ3n) is 2.70. The lowest BCUT2D eigenvalue weighted by Crippen LogP contribution is -2.17. The van der Waals surface area contributed by atoms with Crippen molar-refractivity contribution in [3.63, 3.8) is 0 Å². The number of hydrogen-bond donors (Lipinski definition) is 1. The van der Waals surface area contributed by atoms with Crippen LogP contribution in [0.1, 0.15) is 31.4 Å². The highest BCUT2D eigenvalue weighted by Crippen LogP contribution is 2.31. The summed E-state index contributed by atoms with van der Waals surface area (Å²) < 4.78 is 0. The van der Waals surface area contributed by atoms with Crippen LogP contribution in [0, 0.1) is 0 Å². The Morgan fingerprint density at radius 1 is 1.20 bits per heavy atom. The summed E-state index contributed by atoms with van der Waals surface area (Å²) in [5, 5.41) is 10.1. The first-order chi connectivity index (χ1) is 7.09. The van der Waals surface area contributed by atoms with Crippen molar-refractivity contribution in [1.29, 1.82) is 0 Å². The second kappa shape index (κ2) is 3.67. The molecule has 1 aromatic carbocycles. The zero-order valence-corrected chi connectivity index (χ0v) is 9.20. The van der Waals surface area contributed by atoms with Crippen LogP contribution in [0.5, 0.6) is 0 Å². The molecule has 1 heteroatoms. The standard InChI is InChI=1S/C14H16O/c1-14(2,15)13-10-6-5-9-12(13)11-7-3-4-8-11/h3-7,9-10,15H,8H2,1-2H3. The van der Waals surface area contributed by atoms with Crippen molar-refractivity contribution in [3.8, 4) is 0 Å². The highest BCUT2D eigenvalue weighted by molar-refractivity contribution is 5.73. The fraction of sp³-hybridized carbons (Fsp3) is 0.286. The molecule has 1 aliphatic carbocycles. The Labute approximate surface area is 90.8 Å². The Hall–Kier alpha value is -1.34. The van der Waals surface area contributed by atoms with Crippen molar-refractivity contribution in [1.82, 2.24) is 0 Å². The number of rotatable bonds is 2. The maximum absolute atomic E-state index is 10.1. The van der Waals surface area contributed by atoms with Gasteiger partial charge in [-0.25, -0.2) is 0 Å². The predicted octanol–water partition coefficient (Wildman–Crippen LogP) is 3.26. The number of benzene rings is 1. The molecule has 0 radical (unpaired) electrons. The highest BCUT2D eigenvalue weighted by atomic mass is 16.3.